The maximum absolute atomic E-state index is 12.2. The van der Waals surface area contributed by atoms with Crippen molar-refractivity contribution in [2.75, 3.05) is 0 Å². The van der Waals surface area contributed by atoms with E-state index in [2.05, 4.69) is 22.0 Å². The van der Waals surface area contributed by atoms with Crippen LogP contribution < -0.4 is 5.56 Å². The zero-order valence-corrected chi connectivity index (χ0v) is 14.7. The molecule has 3 aromatic heterocycles. The Balaban J connectivity index is 1.77. The van der Waals surface area contributed by atoms with Crippen LogP contribution in [0, 0.1) is 11.8 Å². The SMILES string of the molecule is C[C@@H]1CCCC[C@@H]1Cc1ncc2c(=O)[nH]cc(-c3cnn(C)c3)c2n1. The zero-order valence-electron chi connectivity index (χ0n) is 14.7. The third kappa shape index (κ3) is 3.08. The molecule has 130 valence electrons. The summed E-state index contributed by atoms with van der Waals surface area (Å²) in [5, 5.41) is 4.76. The third-order valence-electron chi connectivity index (χ3n) is 5.44. The van der Waals surface area contributed by atoms with Gasteiger partial charge in [-0.3, -0.25) is 9.48 Å². The van der Waals surface area contributed by atoms with Gasteiger partial charge in [0.05, 0.1) is 17.1 Å². The predicted octanol–water partition coefficient (Wildman–Crippen LogP) is 3.09. The van der Waals surface area contributed by atoms with Gasteiger partial charge in [-0.25, -0.2) is 9.97 Å². The normalized spacial score (nSPS) is 20.9. The number of hydrogen-bond donors (Lipinski definition) is 1. The number of aromatic nitrogens is 5. The Bertz CT molecular complexity index is 958. The molecule has 0 aliphatic heterocycles. The van der Waals surface area contributed by atoms with E-state index in [1.165, 1.54) is 25.7 Å². The Morgan fingerprint density at radius 2 is 2.12 bits per heavy atom. The van der Waals surface area contributed by atoms with E-state index in [0.717, 1.165) is 23.4 Å². The fourth-order valence-corrected chi connectivity index (χ4v) is 3.88. The molecule has 0 unspecified atom stereocenters. The van der Waals surface area contributed by atoms with Crippen LogP contribution in [0.4, 0.5) is 0 Å². The van der Waals surface area contributed by atoms with Crippen molar-refractivity contribution in [2.24, 2.45) is 18.9 Å². The smallest absolute Gasteiger partial charge is 0.259 e. The highest BCUT2D eigenvalue weighted by molar-refractivity contribution is 5.91. The van der Waals surface area contributed by atoms with E-state index in [1.807, 2.05) is 13.2 Å². The van der Waals surface area contributed by atoms with E-state index < -0.39 is 0 Å². The van der Waals surface area contributed by atoms with Gasteiger partial charge in [-0.1, -0.05) is 26.2 Å². The molecule has 0 aromatic carbocycles. The van der Waals surface area contributed by atoms with Crippen molar-refractivity contribution >= 4 is 10.9 Å². The third-order valence-corrected chi connectivity index (χ3v) is 5.44. The maximum atomic E-state index is 12.2. The number of aryl methyl sites for hydroxylation is 1. The Morgan fingerprint density at radius 1 is 1.28 bits per heavy atom. The molecular formula is C19H23N5O. The van der Waals surface area contributed by atoms with Crippen LogP contribution in [0.1, 0.15) is 38.4 Å². The molecule has 0 amide bonds. The van der Waals surface area contributed by atoms with E-state index >= 15 is 0 Å². The second-order valence-corrected chi connectivity index (χ2v) is 7.21. The number of nitrogens with one attached hydrogen (secondary N) is 1. The molecule has 2 atom stereocenters. The van der Waals surface area contributed by atoms with Gasteiger partial charge < -0.3 is 4.98 Å². The van der Waals surface area contributed by atoms with Gasteiger partial charge in [-0.15, -0.1) is 0 Å². The summed E-state index contributed by atoms with van der Waals surface area (Å²) in [4.78, 5) is 24.2. The van der Waals surface area contributed by atoms with Crippen molar-refractivity contribution in [1.82, 2.24) is 24.7 Å². The molecule has 1 aliphatic rings. The summed E-state index contributed by atoms with van der Waals surface area (Å²) in [5.41, 5.74) is 2.40. The Labute approximate surface area is 146 Å². The molecule has 0 spiro atoms. The van der Waals surface area contributed by atoms with Crippen molar-refractivity contribution in [3.63, 3.8) is 0 Å². The number of aromatic amines is 1. The van der Waals surface area contributed by atoms with Gasteiger partial charge in [0, 0.05) is 43.2 Å². The highest BCUT2D eigenvalue weighted by Crippen LogP contribution is 2.32. The predicted molar refractivity (Wildman–Crippen MR) is 97.2 cm³/mol. The summed E-state index contributed by atoms with van der Waals surface area (Å²) in [6.07, 6.45) is 13.2. The van der Waals surface area contributed by atoms with E-state index in [0.29, 0.717) is 22.7 Å². The van der Waals surface area contributed by atoms with Crippen molar-refractivity contribution in [2.45, 2.75) is 39.0 Å². The number of pyridine rings is 1. The number of nitrogens with zero attached hydrogens (tertiary/aromatic N) is 4. The van der Waals surface area contributed by atoms with Crippen molar-refractivity contribution < 1.29 is 0 Å². The molecule has 6 nitrogen and oxygen atoms in total. The Hall–Kier alpha value is -2.50. The summed E-state index contributed by atoms with van der Waals surface area (Å²) >= 11 is 0. The van der Waals surface area contributed by atoms with Crippen LogP contribution >= 0.6 is 0 Å². The second kappa shape index (κ2) is 6.43. The molecule has 3 aromatic rings. The second-order valence-electron chi connectivity index (χ2n) is 7.21. The van der Waals surface area contributed by atoms with Crippen molar-refractivity contribution in [3.8, 4) is 11.1 Å². The minimum atomic E-state index is -0.153. The monoisotopic (exact) mass is 337 g/mol. The number of rotatable bonds is 3. The lowest BCUT2D eigenvalue weighted by Crippen LogP contribution is -2.20. The molecule has 1 aliphatic carbocycles. The number of H-pyrrole nitrogens is 1. The molecule has 1 fully saturated rings. The van der Waals surface area contributed by atoms with Gasteiger partial charge in [-0.2, -0.15) is 5.10 Å². The fourth-order valence-electron chi connectivity index (χ4n) is 3.88. The van der Waals surface area contributed by atoms with Crippen LogP contribution in [0.3, 0.4) is 0 Å². The van der Waals surface area contributed by atoms with E-state index in [9.17, 15) is 4.79 Å². The van der Waals surface area contributed by atoms with Crippen LogP contribution in [0.25, 0.3) is 22.0 Å². The van der Waals surface area contributed by atoms with Crippen LogP contribution in [-0.2, 0) is 13.5 Å². The summed E-state index contributed by atoms with van der Waals surface area (Å²) < 4.78 is 1.75. The Kier molecular flexibility index (Phi) is 4.11. The fraction of sp³-hybridized carbons (Fsp3) is 0.474. The maximum Gasteiger partial charge on any atom is 0.259 e. The highest BCUT2D eigenvalue weighted by atomic mass is 16.1. The van der Waals surface area contributed by atoms with Gasteiger partial charge in [0.2, 0.25) is 0 Å². The van der Waals surface area contributed by atoms with Crippen LogP contribution in [0.2, 0.25) is 0 Å². The van der Waals surface area contributed by atoms with E-state index in [4.69, 9.17) is 4.98 Å². The lowest BCUT2D eigenvalue weighted by molar-refractivity contribution is 0.251. The molecule has 6 heteroatoms. The summed E-state index contributed by atoms with van der Waals surface area (Å²) in [6.45, 7) is 2.33. The molecule has 25 heavy (non-hydrogen) atoms. The minimum Gasteiger partial charge on any atom is -0.328 e. The molecule has 4 rings (SSSR count). The standard InChI is InChI=1S/C19H23N5O/c1-12-5-3-4-6-13(12)7-17-20-10-16-18(23-17)15(9-21-19(16)25)14-8-22-24(2)11-14/h8-13H,3-7H2,1-2H3,(H,21,25)/t12-,13-/m1/s1. The summed E-state index contributed by atoms with van der Waals surface area (Å²) in [7, 11) is 1.88. The average Bonchev–Trinajstić information content (AvgIpc) is 3.03. The first-order chi connectivity index (χ1) is 12.1. The molecule has 0 bridgehead atoms. The summed E-state index contributed by atoms with van der Waals surface area (Å²) in [5.74, 6) is 2.18. The average molecular weight is 337 g/mol. The first-order valence-electron chi connectivity index (χ1n) is 8.98. The lowest BCUT2D eigenvalue weighted by atomic mass is 9.78. The van der Waals surface area contributed by atoms with Gasteiger partial charge >= 0.3 is 0 Å². The molecule has 3 heterocycles. The molecular weight excluding hydrogens is 314 g/mol. The van der Waals surface area contributed by atoms with Crippen molar-refractivity contribution in [3.05, 3.63) is 41.0 Å². The van der Waals surface area contributed by atoms with Gasteiger partial charge in [0.1, 0.15) is 5.82 Å². The van der Waals surface area contributed by atoms with Crippen LogP contribution in [0.15, 0.2) is 29.6 Å². The molecule has 0 radical (unpaired) electrons. The minimum absolute atomic E-state index is 0.153. The molecule has 1 N–H and O–H groups in total. The first-order valence-corrected chi connectivity index (χ1v) is 8.98. The quantitative estimate of drug-likeness (QED) is 0.797. The zero-order chi connectivity index (χ0) is 17.4. The van der Waals surface area contributed by atoms with E-state index in [1.54, 1.807) is 23.3 Å². The first kappa shape index (κ1) is 16.0. The lowest BCUT2D eigenvalue weighted by Gasteiger charge is -2.28. The van der Waals surface area contributed by atoms with Gasteiger partial charge in [0.25, 0.3) is 5.56 Å². The van der Waals surface area contributed by atoms with Crippen LogP contribution in [0.5, 0.6) is 0 Å². The number of hydrogen-bond acceptors (Lipinski definition) is 4. The van der Waals surface area contributed by atoms with Crippen LogP contribution in [-0.4, -0.2) is 24.7 Å². The number of fused-ring (bicyclic) bond motifs is 1. The Morgan fingerprint density at radius 3 is 2.88 bits per heavy atom. The van der Waals surface area contributed by atoms with Gasteiger partial charge in [-0.05, 0) is 18.3 Å². The van der Waals surface area contributed by atoms with E-state index in [-0.39, 0.29) is 5.56 Å². The molecule has 1 saturated carbocycles. The van der Waals surface area contributed by atoms with Crippen molar-refractivity contribution in [1.29, 1.82) is 0 Å². The van der Waals surface area contributed by atoms with Gasteiger partial charge in [0.15, 0.2) is 0 Å². The summed E-state index contributed by atoms with van der Waals surface area (Å²) in [6, 6.07) is 0. The largest absolute Gasteiger partial charge is 0.328 e. The molecule has 0 saturated heterocycles. The topological polar surface area (TPSA) is 76.5 Å². The highest BCUT2D eigenvalue weighted by Gasteiger charge is 2.23.